The predicted molar refractivity (Wildman–Crippen MR) is 75.2 cm³/mol. The Hall–Kier alpha value is -0.690. The number of halogens is 1. The molecule has 0 aromatic heterocycles. The summed E-state index contributed by atoms with van der Waals surface area (Å²) < 4.78 is 6.04. The topological polar surface area (TPSA) is 9.23 Å². The van der Waals surface area contributed by atoms with Crippen LogP contribution in [0.3, 0.4) is 0 Å². The first-order valence-corrected chi connectivity index (χ1v) is 7.58. The zero-order valence-electron chi connectivity index (χ0n) is 11.0. The van der Waals surface area contributed by atoms with Crippen molar-refractivity contribution in [2.24, 2.45) is 17.8 Å². The van der Waals surface area contributed by atoms with Gasteiger partial charge in [-0.05, 0) is 50.0 Å². The van der Waals surface area contributed by atoms with Crippen LogP contribution in [0.5, 0.6) is 5.75 Å². The van der Waals surface area contributed by atoms with E-state index in [0.29, 0.717) is 5.88 Å². The molecule has 3 atom stereocenters. The third kappa shape index (κ3) is 2.38. The largest absolute Gasteiger partial charge is 0.493 e. The molecule has 2 fully saturated rings. The third-order valence-corrected chi connectivity index (χ3v) is 4.99. The number of alkyl halides is 1. The molecule has 2 bridgehead atoms. The number of benzene rings is 1. The van der Waals surface area contributed by atoms with Crippen molar-refractivity contribution in [2.45, 2.75) is 38.5 Å². The second-order valence-electron chi connectivity index (χ2n) is 5.99. The van der Waals surface area contributed by atoms with E-state index >= 15 is 0 Å². The monoisotopic (exact) mass is 264 g/mol. The van der Waals surface area contributed by atoms with E-state index in [1.54, 1.807) is 0 Å². The lowest BCUT2D eigenvalue weighted by molar-refractivity contribution is 0.194. The minimum atomic E-state index is 0.535. The number of hydrogen-bond donors (Lipinski definition) is 0. The highest BCUT2D eigenvalue weighted by Crippen LogP contribution is 2.48. The highest BCUT2D eigenvalue weighted by Gasteiger charge is 2.39. The maximum atomic E-state index is 6.04. The summed E-state index contributed by atoms with van der Waals surface area (Å²) in [6, 6.07) is 6.30. The van der Waals surface area contributed by atoms with Crippen LogP contribution in [-0.4, -0.2) is 6.61 Å². The Bertz CT molecular complexity index is 429. The van der Waals surface area contributed by atoms with E-state index in [-0.39, 0.29) is 0 Å². The predicted octanol–water partition coefficient (Wildman–Crippen LogP) is 4.55. The van der Waals surface area contributed by atoms with Crippen LogP contribution in [0.15, 0.2) is 18.2 Å². The number of rotatable bonds is 4. The second kappa shape index (κ2) is 5.13. The summed E-state index contributed by atoms with van der Waals surface area (Å²) in [5.41, 5.74) is 2.37. The van der Waals surface area contributed by atoms with Crippen molar-refractivity contribution < 1.29 is 4.74 Å². The molecule has 0 N–H and O–H groups in total. The molecule has 98 valence electrons. The van der Waals surface area contributed by atoms with Crippen molar-refractivity contribution in [1.29, 1.82) is 0 Å². The molecular weight excluding hydrogens is 244 g/mol. The van der Waals surface area contributed by atoms with Crippen LogP contribution in [0.4, 0.5) is 0 Å². The third-order valence-electron chi connectivity index (χ3n) is 4.70. The van der Waals surface area contributed by atoms with Crippen LogP contribution in [0, 0.1) is 24.7 Å². The molecule has 1 aromatic rings. The van der Waals surface area contributed by atoms with E-state index in [2.05, 4.69) is 25.1 Å². The average Bonchev–Trinajstić information content (AvgIpc) is 2.99. The number of hydrogen-bond acceptors (Lipinski definition) is 1. The Balaban J connectivity index is 1.63. The minimum absolute atomic E-state index is 0.535. The zero-order valence-corrected chi connectivity index (χ0v) is 11.7. The van der Waals surface area contributed by atoms with Crippen molar-refractivity contribution in [3.63, 3.8) is 0 Å². The molecule has 2 heteroatoms. The van der Waals surface area contributed by atoms with Crippen molar-refractivity contribution in [1.82, 2.24) is 0 Å². The van der Waals surface area contributed by atoms with E-state index < -0.39 is 0 Å². The first-order valence-electron chi connectivity index (χ1n) is 7.04. The van der Waals surface area contributed by atoms with Crippen LogP contribution < -0.4 is 4.74 Å². The molecule has 0 aliphatic heterocycles. The molecule has 2 saturated carbocycles. The van der Waals surface area contributed by atoms with Gasteiger partial charge >= 0.3 is 0 Å². The Morgan fingerprint density at radius 1 is 1.28 bits per heavy atom. The number of fused-ring (bicyclic) bond motifs is 2. The van der Waals surface area contributed by atoms with E-state index in [4.69, 9.17) is 16.3 Å². The molecule has 2 aliphatic rings. The van der Waals surface area contributed by atoms with Gasteiger partial charge in [-0.15, -0.1) is 11.6 Å². The van der Waals surface area contributed by atoms with Gasteiger partial charge in [-0.25, -0.2) is 0 Å². The molecule has 1 aromatic carbocycles. The highest BCUT2D eigenvalue weighted by molar-refractivity contribution is 6.17. The standard InChI is InChI=1S/C16H21ClO/c1-11-2-5-16(14(6-11)9-17)18-10-15-8-12-3-4-13(15)7-12/h2,5-6,12-13,15H,3-4,7-10H2,1H3. The quantitative estimate of drug-likeness (QED) is 0.725. The lowest BCUT2D eigenvalue weighted by Gasteiger charge is -2.22. The Morgan fingerprint density at radius 3 is 2.83 bits per heavy atom. The van der Waals surface area contributed by atoms with Crippen LogP contribution >= 0.6 is 11.6 Å². The van der Waals surface area contributed by atoms with E-state index in [1.807, 2.05) is 0 Å². The van der Waals surface area contributed by atoms with Gasteiger partial charge in [0.2, 0.25) is 0 Å². The van der Waals surface area contributed by atoms with Gasteiger partial charge in [0.1, 0.15) is 5.75 Å². The highest BCUT2D eigenvalue weighted by atomic mass is 35.5. The normalized spacial score (nSPS) is 29.8. The summed E-state index contributed by atoms with van der Waals surface area (Å²) in [5.74, 6) is 4.23. The van der Waals surface area contributed by atoms with Gasteiger partial charge in [-0.3, -0.25) is 0 Å². The number of ether oxygens (including phenoxy) is 1. The maximum absolute atomic E-state index is 6.04. The first kappa shape index (κ1) is 12.3. The Labute approximate surface area is 114 Å². The molecule has 3 rings (SSSR count). The lowest BCUT2D eigenvalue weighted by atomic mass is 9.89. The summed E-state index contributed by atoms with van der Waals surface area (Å²) in [6.45, 7) is 2.98. The maximum Gasteiger partial charge on any atom is 0.123 e. The van der Waals surface area contributed by atoms with E-state index in [0.717, 1.165) is 35.7 Å². The van der Waals surface area contributed by atoms with Crippen LogP contribution in [-0.2, 0) is 5.88 Å². The molecule has 1 nitrogen and oxygen atoms in total. The summed E-state index contributed by atoms with van der Waals surface area (Å²) in [7, 11) is 0. The summed E-state index contributed by atoms with van der Waals surface area (Å²) in [6.07, 6.45) is 5.71. The van der Waals surface area contributed by atoms with Gasteiger partial charge in [-0.2, -0.15) is 0 Å². The molecule has 0 heterocycles. The fourth-order valence-electron chi connectivity index (χ4n) is 3.73. The van der Waals surface area contributed by atoms with Gasteiger partial charge < -0.3 is 4.74 Å². The average molecular weight is 265 g/mol. The van der Waals surface area contributed by atoms with Gasteiger partial charge in [-0.1, -0.05) is 24.1 Å². The van der Waals surface area contributed by atoms with Crippen LogP contribution in [0.25, 0.3) is 0 Å². The van der Waals surface area contributed by atoms with E-state index in [9.17, 15) is 0 Å². The van der Waals surface area contributed by atoms with Crippen molar-refractivity contribution >= 4 is 11.6 Å². The zero-order chi connectivity index (χ0) is 12.5. The smallest absolute Gasteiger partial charge is 0.123 e. The van der Waals surface area contributed by atoms with Gasteiger partial charge in [0, 0.05) is 5.56 Å². The summed E-state index contributed by atoms with van der Waals surface area (Å²) in [5, 5.41) is 0. The summed E-state index contributed by atoms with van der Waals surface area (Å²) in [4.78, 5) is 0. The second-order valence-corrected chi connectivity index (χ2v) is 6.26. The van der Waals surface area contributed by atoms with Crippen molar-refractivity contribution in [3.05, 3.63) is 29.3 Å². The van der Waals surface area contributed by atoms with E-state index in [1.165, 1.54) is 31.2 Å². The fourth-order valence-corrected chi connectivity index (χ4v) is 3.94. The first-order chi connectivity index (χ1) is 8.76. The van der Waals surface area contributed by atoms with Gasteiger partial charge in [0.15, 0.2) is 0 Å². The molecule has 0 amide bonds. The van der Waals surface area contributed by atoms with Crippen molar-refractivity contribution in [3.8, 4) is 5.75 Å². The molecule has 3 unspecified atom stereocenters. The van der Waals surface area contributed by atoms with Crippen LogP contribution in [0.2, 0.25) is 0 Å². The molecule has 0 spiro atoms. The Morgan fingerprint density at radius 2 is 2.17 bits per heavy atom. The number of aryl methyl sites for hydroxylation is 1. The molecular formula is C16H21ClO. The lowest BCUT2D eigenvalue weighted by Crippen LogP contribution is -2.18. The van der Waals surface area contributed by atoms with Crippen LogP contribution in [0.1, 0.15) is 36.8 Å². The van der Waals surface area contributed by atoms with Gasteiger partial charge in [0.05, 0.1) is 12.5 Å². The minimum Gasteiger partial charge on any atom is -0.493 e. The SMILES string of the molecule is Cc1ccc(OCC2CC3CCC2C3)c(CCl)c1. The molecule has 2 aliphatic carbocycles. The van der Waals surface area contributed by atoms with Gasteiger partial charge in [0.25, 0.3) is 0 Å². The van der Waals surface area contributed by atoms with Crippen molar-refractivity contribution in [2.75, 3.05) is 6.61 Å². The Kier molecular flexibility index (Phi) is 3.52. The molecule has 0 radical (unpaired) electrons. The fraction of sp³-hybridized carbons (Fsp3) is 0.625. The molecule has 18 heavy (non-hydrogen) atoms. The molecule has 0 saturated heterocycles. The summed E-state index contributed by atoms with van der Waals surface area (Å²) >= 11 is 5.98.